The molecule has 0 N–H and O–H groups in total. The van der Waals surface area contributed by atoms with Gasteiger partial charge in [-0.25, -0.2) is 0 Å². The fourth-order valence-electron chi connectivity index (χ4n) is 2.93. The van der Waals surface area contributed by atoms with Gasteiger partial charge < -0.3 is 9.32 Å². The smallest absolute Gasteiger partial charge is 0.289 e. The van der Waals surface area contributed by atoms with Crippen LogP contribution in [0.4, 0.5) is 0 Å². The molecular formula is C15H19NO3. The maximum atomic E-state index is 12.4. The van der Waals surface area contributed by atoms with Crippen LogP contribution in [0.2, 0.25) is 0 Å². The second kappa shape index (κ2) is 5.19. The second-order valence-electron chi connectivity index (χ2n) is 5.43. The molecular weight excluding hydrogens is 242 g/mol. The summed E-state index contributed by atoms with van der Waals surface area (Å²) in [4.78, 5) is 26.0. The Morgan fingerprint density at radius 2 is 1.79 bits per heavy atom. The zero-order valence-electron chi connectivity index (χ0n) is 11.1. The Bertz CT molecular complexity index is 495. The lowest BCUT2D eigenvalue weighted by Crippen LogP contribution is -2.31. The molecule has 1 aliphatic carbocycles. The molecule has 3 rings (SSSR count). The van der Waals surface area contributed by atoms with Gasteiger partial charge in [0.2, 0.25) is 0 Å². The number of nitrogens with zero attached hydrogens (tertiary/aromatic N) is 1. The van der Waals surface area contributed by atoms with Crippen molar-refractivity contribution in [3.8, 4) is 0 Å². The molecule has 1 fully saturated rings. The van der Waals surface area contributed by atoms with E-state index in [4.69, 9.17) is 4.42 Å². The second-order valence-corrected chi connectivity index (χ2v) is 5.43. The van der Waals surface area contributed by atoms with Gasteiger partial charge in [0.05, 0.1) is 5.56 Å². The highest BCUT2D eigenvalue weighted by molar-refractivity contribution is 6.01. The summed E-state index contributed by atoms with van der Waals surface area (Å²) in [6, 6.07) is 1.66. The van der Waals surface area contributed by atoms with Crippen molar-refractivity contribution < 1.29 is 14.0 Å². The summed E-state index contributed by atoms with van der Waals surface area (Å²) in [6.07, 6.45) is 6.68. The van der Waals surface area contributed by atoms with E-state index < -0.39 is 0 Å². The molecule has 1 saturated heterocycles. The predicted octanol–water partition coefficient (Wildman–Crippen LogP) is 2.81. The lowest BCUT2D eigenvalue weighted by molar-refractivity contribution is 0.0727. The SMILES string of the molecule is O=C1CCCc2oc(C(=O)N3CCCCCC3)cc21. The Hall–Kier alpha value is -1.58. The molecule has 4 heteroatoms. The van der Waals surface area contributed by atoms with E-state index in [9.17, 15) is 9.59 Å². The molecule has 1 aliphatic heterocycles. The predicted molar refractivity (Wildman–Crippen MR) is 70.3 cm³/mol. The molecule has 0 atom stereocenters. The van der Waals surface area contributed by atoms with Crippen molar-refractivity contribution in [1.29, 1.82) is 0 Å². The molecule has 0 radical (unpaired) electrons. The molecule has 102 valence electrons. The fraction of sp³-hybridized carbons (Fsp3) is 0.600. The number of hydrogen-bond acceptors (Lipinski definition) is 3. The molecule has 19 heavy (non-hydrogen) atoms. The van der Waals surface area contributed by atoms with Crippen LogP contribution in [0.1, 0.15) is 65.2 Å². The zero-order chi connectivity index (χ0) is 13.2. The van der Waals surface area contributed by atoms with E-state index in [-0.39, 0.29) is 11.7 Å². The van der Waals surface area contributed by atoms with Crippen LogP contribution in [0, 0.1) is 0 Å². The standard InChI is InChI=1S/C15H19NO3/c17-12-6-5-7-13-11(12)10-14(19-13)15(18)16-8-3-1-2-4-9-16/h10H,1-9H2. The number of carbonyl (C=O) groups excluding carboxylic acids is 2. The molecule has 0 bridgehead atoms. The minimum atomic E-state index is -0.0518. The van der Waals surface area contributed by atoms with Crippen LogP contribution in [-0.4, -0.2) is 29.7 Å². The highest BCUT2D eigenvalue weighted by atomic mass is 16.4. The van der Waals surface area contributed by atoms with Crippen LogP contribution in [0.15, 0.2) is 10.5 Å². The molecule has 2 aliphatic rings. The van der Waals surface area contributed by atoms with Crippen molar-refractivity contribution >= 4 is 11.7 Å². The van der Waals surface area contributed by atoms with Crippen LogP contribution in [-0.2, 0) is 6.42 Å². The van der Waals surface area contributed by atoms with Crippen molar-refractivity contribution in [1.82, 2.24) is 4.90 Å². The summed E-state index contributed by atoms with van der Waals surface area (Å²) in [5, 5.41) is 0. The number of amides is 1. The number of likely N-dealkylation sites (tertiary alicyclic amines) is 1. The van der Waals surface area contributed by atoms with Crippen molar-refractivity contribution in [2.75, 3.05) is 13.1 Å². The van der Waals surface area contributed by atoms with Gasteiger partial charge in [-0.05, 0) is 19.3 Å². The van der Waals surface area contributed by atoms with Crippen LogP contribution < -0.4 is 0 Å². The summed E-state index contributed by atoms with van der Waals surface area (Å²) in [5.74, 6) is 1.11. The molecule has 1 amide bonds. The maximum absolute atomic E-state index is 12.4. The largest absolute Gasteiger partial charge is 0.455 e. The molecule has 2 heterocycles. The van der Waals surface area contributed by atoms with Gasteiger partial charge >= 0.3 is 0 Å². The van der Waals surface area contributed by atoms with E-state index in [1.165, 1.54) is 12.8 Å². The maximum Gasteiger partial charge on any atom is 0.289 e. The normalized spacial score (nSPS) is 20.0. The number of fused-ring (bicyclic) bond motifs is 1. The first-order chi connectivity index (χ1) is 9.25. The topological polar surface area (TPSA) is 50.5 Å². The Labute approximate surface area is 112 Å². The fourth-order valence-corrected chi connectivity index (χ4v) is 2.93. The lowest BCUT2D eigenvalue weighted by atomic mass is 9.97. The Kier molecular flexibility index (Phi) is 3.40. The minimum absolute atomic E-state index is 0.0518. The minimum Gasteiger partial charge on any atom is -0.455 e. The average Bonchev–Trinajstić information content (AvgIpc) is 2.67. The van der Waals surface area contributed by atoms with Gasteiger partial charge in [-0.1, -0.05) is 12.8 Å². The van der Waals surface area contributed by atoms with Crippen LogP contribution >= 0.6 is 0 Å². The summed E-state index contributed by atoms with van der Waals surface area (Å²) >= 11 is 0. The Balaban J connectivity index is 1.81. The highest BCUT2D eigenvalue weighted by Gasteiger charge is 2.27. The third kappa shape index (κ3) is 2.44. The third-order valence-electron chi connectivity index (χ3n) is 4.02. The molecule has 0 unspecified atom stereocenters. The number of carbonyl (C=O) groups is 2. The quantitative estimate of drug-likeness (QED) is 0.781. The van der Waals surface area contributed by atoms with Crippen LogP contribution in [0.25, 0.3) is 0 Å². The van der Waals surface area contributed by atoms with E-state index in [1.807, 2.05) is 4.90 Å². The van der Waals surface area contributed by atoms with Gasteiger partial charge in [-0.2, -0.15) is 0 Å². The van der Waals surface area contributed by atoms with Crippen molar-refractivity contribution in [2.24, 2.45) is 0 Å². The average molecular weight is 261 g/mol. The van der Waals surface area contributed by atoms with E-state index >= 15 is 0 Å². The van der Waals surface area contributed by atoms with Gasteiger partial charge in [-0.15, -0.1) is 0 Å². The van der Waals surface area contributed by atoms with Crippen molar-refractivity contribution in [2.45, 2.75) is 44.9 Å². The highest BCUT2D eigenvalue weighted by Crippen LogP contribution is 2.26. The molecule has 1 aromatic rings. The Morgan fingerprint density at radius 1 is 1.05 bits per heavy atom. The van der Waals surface area contributed by atoms with E-state index in [2.05, 4.69) is 0 Å². The van der Waals surface area contributed by atoms with Gasteiger partial charge in [-0.3, -0.25) is 9.59 Å². The van der Waals surface area contributed by atoms with Crippen molar-refractivity contribution in [3.63, 3.8) is 0 Å². The van der Waals surface area contributed by atoms with E-state index in [1.54, 1.807) is 6.07 Å². The molecule has 0 spiro atoms. The number of ketones is 1. The molecule has 1 aromatic heterocycles. The summed E-state index contributed by atoms with van der Waals surface area (Å²) in [6.45, 7) is 1.61. The zero-order valence-corrected chi connectivity index (χ0v) is 11.1. The van der Waals surface area contributed by atoms with Crippen LogP contribution in [0.5, 0.6) is 0 Å². The number of Topliss-reactive ketones (excluding diaryl/α,β-unsaturated/α-hetero) is 1. The van der Waals surface area contributed by atoms with Gasteiger partial charge in [0.15, 0.2) is 11.5 Å². The molecule has 4 nitrogen and oxygen atoms in total. The first kappa shape index (κ1) is 12.5. The van der Waals surface area contributed by atoms with Gasteiger partial charge in [0.1, 0.15) is 5.76 Å². The van der Waals surface area contributed by atoms with Gasteiger partial charge in [0, 0.05) is 32.0 Å². The van der Waals surface area contributed by atoms with Crippen LogP contribution in [0.3, 0.4) is 0 Å². The summed E-state index contributed by atoms with van der Waals surface area (Å²) < 4.78 is 5.62. The number of hydrogen-bond donors (Lipinski definition) is 0. The first-order valence-corrected chi connectivity index (χ1v) is 7.21. The number of rotatable bonds is 1. The van der Waals surface area contributed by atoms with E-state index in [0.29, 0.717) is 23.5 Å². The van der Waals surface area contributed by atoms with E-state index in [0.717, 1.165) is 38.8 Å². The first-order valence-electron chi connectivity index (χ1n) is 7.21. The number of aryl methyl sites for hydroxylation is 1. The third-order valence-corrected chi connectivity index (χ3v) is 4.02. The van der Waals surface area contributed by atoms with Gasteiger partial charge in [0.25, 0.3) is 5.91 Å². The summed E-state index contributed by atoms with van der Waals surface area (Å²) in [5.41, 5.74) is 0.629. The monoisotopic (exact) mass is 261 g/mol. The lowest BCUT2D eigenvalue weighted by Gasteiger charge is -2.18. The Morgan fingerprint density at radius 3 is 2.47 bits per heavy atom. The molecule has 0 aromatic carbocycles. The number of furan rings is 1. The molecule has 0 saturated carbocycles. The summed E-state index contributed by atoms with van der Waals surface area (Å²) in [7, 11) is 0. The van der Waals surface area contributed by atoms with Crippen molar-refractivity contribution in [3.05, 3.63) is 23.2 Å².